The fourth-order valence-corrected chi connectivity index (χ4v) is 3.58. The van der Waals surface area contributed by atoms with Crippen LogP contribution in [-0.4, -0.2) is 31.4 Å². The number of benzene rings is 1. The fraction of sp³-hybridized carbons (Fsp3) is 0.312. The number of aromatic nitrogens is 1. The average molecular weight is 362 g/mol. The molecule has 25 heavy (non-hydrogen) atoms. The van der Waals surface area contributed by atoms with Gasteiger partial charge in [0.15, 0.2) is 0 Å². The first-order valence-electron chi connectivity index (χ1n) is 7.83. The highest BCUT2D eigenvalue weighted by Crippen LogP contribution is 2.31. The Morgan fingerprint density at radius 1 is 1.16 bits per heavy atom. The van der Waals surface area contributed by atoms with Crippen LogP contribution in [0.4, 0.5) is 11.5 Å². The molecule has 9 heteroatoms. The van der Waals surface area contributed by atoms with E-state index < -0.39 is 14.9 Å². The number of nitro groups is 1. The molecule has 0 spiro atoms. The second-order valence-corrected chi connectivity index (χ2v) is 7.57. The number of primary sulfonamides is 1. The third-order valence-corrected chi connectivity index (χ3v) is 5.37. The lowest BCUT2D eigenvalue weighted by atomic mass is 9.89. The molecule has 1 saturated heterocycles. The number of nitrogens with two attached hydrogens (primary N) is 1. The predicted octanol–water partition coefficient (Wildman–Crippen LogP) is 2.02. The minimum Gasteiger partial charge on any atom is -0.356 e. The quantitative estimate of drug-likeness (QED) is 0.656. The second kappa shape index (κ2) is 6.77. The van der Waals surface area contributed by atoms with E-state index in [0.717, 1.165) is 31.5 Å². The van der Waals surface area contributed by atoms with Gasteiger partial charge in [-0.05, 0) is 36.5 Å². The maximum absolute atomic E-state index is 11.3. The van der Waals surface area contributed by atoms with Gasteiger partial charge in [-0.1, -0.05) is 12.1 Å². The summed E-state index contributed by atoms with van der Waals surface area (Å²) in [5.74, 6) is 0.918. The van der Waals surface area contributed by atoms with Crippen molar-refractivity contribution >= 4 is 21.5 Å². The number of sulfonamides is 1. The number of pyridine rings is 1. The highest BCUT2D eigenvalue weighted by molar-refractivity contribution is 7.89. The van der Waals surface area contributed by atoms with Crippen LogP contribution < -0.4 is 10.0 Å². The smallest absolute Gasteiger partial charge is 0.274 e. The van der Waals surface area contributed by atoms with Gasteiger partial charge in [-0.25, -0.2) is 18.5 Å². The molecule has 1 aromatic carbocycles. The van der Waals surface area contributed by atoms with Crippen LogP contribution in [0.5, 0.6) is 0 Å². The summed E-state index contributed by atoms with van der Waals surface area (Å²) in [5.41, 5.74) is 1.10. The molecule has 0 radical (unpaired) electrons. The van der Waals surface area contributed by atoms with E-state index >= 15 is 0 Å². The van der Waals surface area contributed by atoms with Crippen molar-refractivity contribution in [1.82, 2.24) is 4.98 Å². The van der Waals surface area contributed by atoms with Gasteiger partial charge in [0.1, 0.15) is 5.82 Å². The summed E-state index contributed by atoms with van der Waals surface area (Å²) < 4.78 is 22.6. The lowest BCUT2D eigenvalue weighted by Gasteiger charge is -2.33. The Bertz CT molecular complexity index is 875. The third-order valence-electron chi connectivity index (χ3n) is 4.44. The number of hydrogen-bond donors (Lipinski definition) is 1. The van der Waals surface area contributed by atoms with Gasteiger partial charge >= 0.3 is 0 Å². The zero-order valence-electron chi connectivity index (χ0n) is 13.4. The van der Waals surface area contributed by atoms with Crippen molar-refractivity contribution < 1.29 is 13.3 Å². The Labute approximate surface area is 145 Å². The Morgan fingerprint density at radius 2 is 1.80 bits per heavy atom. The molecule has 1 aliphatic heterocycles. The topological polar surface area (TPSA) is 119 Å². The summed E-state index contributed by atoms with van der Waals surface area (Å²) >= 11 is 0. The van der Waals surface area contributed by atoms with Crippen molar-refractivity contribution in [3.8, 4) is 0 Å². The van der Waals surface area contributed by atoms with Crippen LogP contribution in [-0.2, 0) is 10.0 Å². The molecular formula is C16H18N4O4S. The van der Waals surface area contributed by atoms with Crippen LogP contribution in [0.3, 0.4) is 0 Å². The molecule has 8 nitrogen and oxygen atoms in total. The molecule has 0 bridgehead atoms. The maximum Gasteiger partial charge on any atom is 0.274 e. The molecule has 1 aromatic heterocycles. The van der Waals surface area contributed by atoms with Gasteiger partial charge in [0.05, 0.1) is 15.9 Å². The molecular weight excluding hydrogens is 344 g/mol. The lowest BCUT2D eigenvalue weighted by molar-refractivity contribution is -0.384. The number of hydrogen-bond acceptors (Lipinski definition) is 6. The van der Waals surface area contributed by atoms with E-state index in [0.29, 0.717) is 11.7 Å². The number of anilines is 1. The highest BCUT2D eigenvalue weighted by Gasteiger charge is 2.23. The lowest BCUT2D eigenvalue weighted by Crippen LogP contribution is -2.33. The summed E-state index contributed by atoms with van der Waals surface area (Å²) in [6.07, 6.45) is 3.17. The summed E-state index contributed by atoms with van der Waals surface area (Å²) in [4.78, 5) is 16.8. The molecule has 2 aromatic rings. The van der Waals surface area contributed by atoms with Crippen molar-refractivity contribution in [2.24, 2.45) is 5.14 Å². The molecule has 0 amide bonds. The van der Waals surface area contributed by atoms with Crippen LogP contribution in [0, 0.1) is 10.1 Å². The molecule has 0 aliphatic carbocycles. The molecule has 2 N–H and O–H groups in total. The van der Waals surface area contributed by atoms with Crippen molar-refractivity contribution in [1.29, 1.82) is 0 Å². The first-order chi connectivity index (χ1) is 11.8. The predicted molar refractivity (Wildman–Crippen MR) is 92.9 cm³/mol. The molecule has 132 valence electrons. The largest absolute Gasteiger partial charge is 0.356 e. The average Bonchev–Trinajstić information content (AvgIpc) is 2.61. The van der Waals surface area contributed by atoms with E-state index in [1.165, 1.54) is 30.5 Å². The Balaban J connectivity index is 1.68. The molecule has 1 aliphatic rings. The molecule has 3 rings (SSSR count). The minimum absolute atomic E-state index is 0.0331. The number of nitrogens with zero attached hydrogens (tertiary/aromatic N) is 3. The summed E-state index contributed by atoms with van der Waals surface area (Å²) in [6, 6.07) is 9.51. The summed E-state index contributed by atoms with van der Waals surface area (Å²) in [7, 11) is -3.68. The fourth-order valence-electron chi connectivity index (χ4n) is 3.07. The second-order valence-electron chi connectivity index (χ2n) is 6.00. The molecule has 2 heterocycles. The van der Waals surface area contributed by atoms with Crippen molar-refractivity contribution in [2.75, 3.05) is 18.0 Å². The molecule has 0 saturated carbocycles. The molecule has 0 unspecified atom stereocenters. The maximum atomic E-state index is 11.3. The Hall–Kier alpha value is -2.52. The zero-order valence-corrected chi connectivity index (χ0v) is 14.2. The summed E-state index contributed by atoms with van der Waals surface area (Å²) in [6.45, 7) is 1.46. The van der Waals surface area contributed by atoms with E-state index in [9.17, 15) is 18.5 Å². The number of piperidine rings is 1. The minimum atomic E-state index is -3.68. The Morgan fingerprint density at radius 3 is 2.36 bits per heavy atom. The SMILES string of the molecule is NS(=O)(=O)c1ccc(C2CCN(c3cc([N+](=O)[O-])ccn3)CC2)cc1. The monoisotopic (exact) mass is 362 g/mol. The van der Waals surface area contributed by atoms with Gasteiger partial charge in [0.25, 0.3) is 5.69 Å². The highest BCUT2D eigenvalue weighted by atomic mass is 32.2. The van der Waals surface area contributed by atoms with Crippen LogP contribution >= 0.6 is 0 Å². The van der Waals surface area contributed by atoms with Gasteiger partial charge in [0, 0.05) is 25.4 Å². The normalized spacial score (nSPS) is 16.0. The van der Waals surface area contributed by atoms with E-state index in [1.807, 2.05) is 4.90 Å². The van der Waals surface area contributed by atoms with Gasteiger partial charge in [-0.2, -0.15) is 0 Å². The van der Waals surface area contributed by atoms with Gasteiger partial charge < -0.3 is 4.90 Å². The van der Waals surface area contributed by atoms with Crippen molar-refractivity contribution in [3.63, 3.8) is 0 Å². The van der Waals surface area contributed by atoms with Crippen molar-refractivity contribution in [2.45, 2.75) is 23.7 Å². The van der Waals surface area contributed by atoms with E-state index in [4.69, 9.17) is 5.14 Å². The number of rotatable bonds is 4. The van der Waals surface area contributed by atoms with E-state index in [1.54, 1.807) is 12.1 Å². The van der Waals surface area contributed by atoms with E-state index in [2.05, 4.69) is 4.98 Å². The van der Waals surface area contributed by atoms with E-state index in [-0.39, 0.29) is 10.6 Å². The first-order valence-corrected chi connectivity index (χ1v) is 9.37. The van der Waals surface area contributed by atoms with Crippen LogP contribution in [0.25, 0.3) is 0 Å². The van der Waals surface area contributed by atoms with Gasteiger partial charge in [0.2, 0.25) is 10.0 Å². The molecule has 1 fully saturated rings. The van der Waals surface area contributed by atoms with Gasteiger partial charge in [-0.3, -0.25) is 10.1 Å². The third kappa shape index (κ3) is 3.94. The Kier molecular flexibility index (Phi) is 4.69. The first kappa shape index (κ1) is 17.3. The van der Waals surface area contributed by atoms with Crippen molar-refractivity contribution in [3.05, 3.63) is 58.3 Å². The summed E-state index contributed by atoms with van der Waals surface area (Å²) in [5, 5.41) is 16.0. The standard InChI is InChI=1S/C16H18N4O4S/c17-25(23,24)15-3-1-12(2-4-15)13-6-9-19(10-7-13)16-11-14(20(21)22)5-8-18-16/h1-5,8,11,13H,6-7,9-10H2,(H2,17,23,24). The van der Waals surface area contributed by atoms with Crippen LogP contribution in [0.2, 0.25) is 0 Å². The zero-order chi connectivity index (χ0) is 18.0. The van der Waals surface area contributed by atoms with Crippen LogP contribution in [0.15, 0.2) is 47.5 Å². The van der Waals surface area contributed by atoms with Crippen LogP contribution in [0.1, 0.15) is 24.3 Å². The molecule has 0 atom stereocenters. The van der Waals surface area contributed by atoms with Gasteiger partial charge in [-0.15, -0.1) is 0 Å².